The quantitative estimate of drug-likeness (QED) is 0.376. The first-order valence-corrected chi connectivity index (χ1v) is 6.41. The van der Waals surface area contributed by atoms with E-state index in [2.05, 4.69) is 27.7 Å². The third-order valence-corrected chi connectivity index (χ3v) is 2.21. The van der Waals surface area contributed by atoms with Crippen molar-refractivity contribution in [3.8, 4) is 0 Å². The standard InChI is InChI=1S/C8H17.C6H13.Os/c1-3-5-7-8-6-4-2;1-3-5-6-4-2;/h1,3-8H2,2H3;1,3-6H2,2H3;/q2*-1;+2. The normalized spacial score (nSPS) is 8.80. The first-order chi connectivity index (χ1) is 6.83. The molecule has 0 rings (SSSR count). The summed E-state index contributed by atoms with van der Waals surface area (Å²) in [6, 6.07) is 0. The second-order valence-electron chi connectivity index (χ2n) is 3.83. The van der Waals surface area contributed by atoms with E-state index in [1.165, 1.54) is 51.4 Å². The number of unbranched alkanes of at least 4 members (excludes halogenated alkanes) is 8. The van der Waals surface area contributed by atoms with E-state index >= 15 is 0 Å². The van der Waals surface area contributed by atoms with E-state index in [9.17, 15) is 0 Å². The summed E-state index contributed by atoms with van der Waals surface area (Å²) in [6.07, 6.45) is 13.0. The Kier molecular flexibility index (Phi) is 33.6. The molecule has 0 nitrogen and oxygen atoms in total. The Hall–Kier alpha value is 0.636. The van der Waals surface area contributed by atoms with Crippen LogP contribution in [0.2, 0.25) is 0 Å². The molecular formula is C14H30Os. The average molecular weight is 389 g/mol. The molecule has 0 heterocycles. The monoisotopic (exact) mass is 390 g/mol. The Labute approximate surface area is 112 Å². The molecule has 0 aromatic heterocycles. The largest absolute Gasteiger partial charge is 2.00 e. The molecule has 0 unspecified atom stereocenters. The molecule has 94 valence electrons. The van der Waals surface area contributed by atoms with Gasteiger partial charge in [0.05, 0.1) is 0 Å². The minimum Gasteiger partial charge on any atom is -0.343 e. The Balaban J connectivity index is -0.000000187. The molecule has 1 heteroatoms. The minimum atomic E-state index is 0. The maximum absolute atomic E-state index is 3.78. The Bertz CT molecular complexity index is 61.7. The summed E-state index contributed by atoms with van der Waals surface area (Å²) < 4.78 is 0. The van der Waals surface area contributed by atoms with Crippen LogP contribution in [0.1, 0.15) is 78.1 Å². The summed E-state index contributed by atoms with van der Waals surface area (Å²) >= 11 is 0. The van der Waals surface area contributed by atoms with Crippen molar-refractivity contribution in [2.45, 2.75) is 78.1 Å². The van der Waals surface area contributed by atoms with Gasteiger partial charge in [0.25, 0.3) is 0 Å². The van der Waals surface area contributed by atoms with Gasteiger partial charge < -0.3 is 13.8 Å². The maximum atomic E-state index is 3.78. The van der Waals surface area contributed by atoms with Gasteiger partial charge in [0.15, 0.2) is 0 Å². The topological polar surface area (TPSA) is 0 Å². The summed E-state index contributed by atoms with van der Waals surface area (Å²) in [6.45, 7) is 12.0. The SMILES string of the molecule is [CH2-]CCCCC.[CH2-]CCCCCCC.[Os+2]. The summed E-state index contributed by atoms with van der Waals surface area (Å²) in [5.41, 5.74) is 0. The van der Waals surface area contributed by atoms with Crippen LogP contribution in [0.3, 0.4) is 0 Å². The van der Waals surface area contributed by atoms with E-state index in [4.69, 9.17) is 0 Å². The molecule has 0 bridgehead atoms. The van der Waals surface area contributed by atoms with E-state index in [0.717, 1.165) is 12.8 Å². The summed E-state index contributed by atoms with van der Waals surface area (Å²) in [5.74, 6) is 0. The summed E-state index contributed by atoms with van der Waals surface area (Å²) in [5, 5.41) is 0. The van der Waals surface area contributed by atoms with Crippen molar-refractivity contribution in [2.24, 2.45) is 0 Å². The zero-order valence-electron chi connectivity index (χ0n) is 10.8. The molecule has 15 heavy (non-hydrogen) atoms. The van der Waals surface area contributed by atoms with Crippen molar-refractivity contribution < 1.29 is 19.8 Å². The van der Waals surface area contributed by atoms with Crippen LogP contribution in [-0.4, -0.2) is 0 Å². The van der Waals surface area contributed by atoms with Gasteiger partial charge in [-0.1, -0.05) is 65.2 Å². The molecule has 0 aromatic carbocycles. The number of rotatable bonds is 8. The van der Waals surface area contributed by atoms with Gasteiger partial charge >= 0.3 is 19.8 Å². The van der Waals surface area contributed by atoms with E-state index in [-0.39, 0.29) is 19.8 Å². The van der Waals surface area contributed by atoms with Crippen LogP contribution in [0, 0.1) is 13.8 Å². The van der Waals surface area contributed by atoms with Gasteiger partial charge in [-0.2, -0.15) is 12.8 Å². The van der Waals surface area contributed by atoms with Crippen LogP contribution in [0.5, 0.6) is 0 Å². The third kappa shape index (κ3) is 31.3. The Morgan fingerprint density at radius 2 is 0.933 bits per heavy atom. The van der Waals surface area contributed by atoms with E-state index in [0.29, 0.717) is 0 Å². The van der Waals surface area contributed by atoms with Crippen molar-refractivity contribution in [1.82, 2.24) is 0 Å². The fourth-order valence-electron chi connectivity index (χ4n) is 1.21. The molecule has 0 N–H and O–H groups in total. The van der Waals surface area contributed by atoms with Gasteiger partial charge in [-0.05, 0) is 0 Å². The van der Waals surface area contributed by atoms with Crippen LogP contribution in [0.15, 0.2) is 0 Å². The second-order valence-corrected chi connectivity index (χ2v) is 3.83. The van der Waals surface area contributed by atoms with Crippen molar-refractivity contribution in [3.63, 3.8) is 0 Å². The first kappa shape index (κ1) is 21.0. The molecule has 0 saturated heterocycles. The predicted molar refractivity (Wildman–Crippen MR) is 68.2 cm³/mol. The Morgan fingerprint density at radius 1 is 0.600 bits per heavy atom. The van der Waals surface area contributed by atoms with Gasteiger partial charge in [-0.15, -0.1) is 0 Å². The number of hydrogen-bond acceptors (Lipinski definition) is 0. The Morgan fingerprint density at radius 3 is 1.27 bits per heavy atom. The van der Waals surface area contributed by atoms with E-state index in [1.54, 1.807) is 0 Å². The van der Waals surface area contributed by atoms with Crippen LogP contribution in [0.4, 0.5) is 0 Å². The third-order valence-electron chi connectivity index (χ3n) is 2.21. The molecule has 0 amide bonds. The summed E-state index contributed by atoms with van der Waals surface area (Å²) in [7, 11) is 0. The first-order valence-electron chi connectivity index (χ1n) is 6.41. The molecule has 0 saturated carbocycles. The molecule has 0 fully saturated rings. The molecule has 0 aromatic rings. The van der Waals surface area contributed by atoms with Crippen molar-refractivity contribution >= 4 is 0 Å². The van der Waals surface area contributed by atoms with Gasteiger partial charge in [-0.3, -0.25) is 0 Å². The molecule has 0 radical (unpaired) electrons. The van der Waals surface area contributed by atoms with Crippen LogP contribution >= 0.6 is 0 Å². The van der Waals surface area contributed by atoms with Crippen LogP contribution < -0.4 is 0 Å². The fourth-order valence-corrected chi connectivity index (χ4v) is 1.21. The molecule has 0 aliphatic heterocycles. The molecule has 0 spiro atoms. The van der Waals surface area contributed by atoms with Crippen molar-refractivity contribution in [3.05, 3.63) is 13.8 Å². The van der Waals surface area contributed by atoms with Gasteiger partial charge in [-0.25, -0.2) is 0 Å². The van der Waals surface area contributed by atoms with E-state index < -0.39 is 0 Å². The number of hydrogen-bond donors (Lipinski definition) is 0. The van der Waals surface area contributed by atoms with Crippen LogP contribution in [-0.2, 0) is 19.8 Å². The average Bonchev–Trinajstić information content (AvgIpc) is 2.22. The van der Waals surface area contributed by atoms with E-state index in [1.807, 2.05) is 0 Å². The van der Waals surface area contributed by atoms with Gasteiger partial charge in [0.1, 0.15) is 0 Å². The van der Waals surface area contributed by atoms with Gasteiger partial charge in [0.2, 0.25) is 0 Å². The molecule has 0 aliphatic rings. The second kappa shape index (κ2) is 24.1. The predicted octanol–water partition coefficient (Wildman–Crippen LogP) is 5.58. The minimum absolute atomic E-state index is 0. The maximum Gasteiger partial charge on any atom is 2.00 e. The molecule has 0 aliphatic carbocycles. The zero-order valence-corrected chi connectivity index (χ0v) is 13.4. The molecular weight excluding hydrogens is 358 g/mol. The van der Waals surface area contributed by atoms with Gasteiger partial charge in [0, 0.05) is 0 Å². The van der Waals surface area contributed by atoms with Crippen molar-refractivity contribution in [2.75, 3.05) is 0 Å². The zero-order chi connectivity index (χ0) is 11.1. The fraction of sp³-hybridized carbons (Fsp3) is 0.857. The van der Waals surface area contributed by atoms with Crippen LogP contribution in [0.25, 0.3) is 0 Å². The summed E-state index contributed by atoms with van der Waals surface area (Å²) in [4.78, 5) is 0. The van der Waals surface area contributed by atoms with Crippen molar-refractivity contribution in [1.29, 1.82) is 0 Å². The smallest absolute Gasteiger partial charge is 0.343 e. The molecule has 0 atom stereocenters.